The Balaban J connectivity index is 1.61. The summed E-state index contributed by atoms with van der Waals surface area (Å²) in [6.45, 7) is 0.461. The molecule has 0 aliphatic heterocycles. The molecular weight excluding hydrogens is 340 g/mol. The van der Waals surface area contributed by atoms with Crippen LogP contribution < -0.4 is 10.6 Å². The predicted octanol–water partition coefficient (Wildman–Crippen LogP) is 2.40. The molecule has 2 amide bonds. The zero-order chi connectivity index (χ0) is 19.3. The van der Waals surface area contributed by atoms with Gasteiger partial charge in [0.1, 0.15) is 0 Å². The standard InChI is InChI=1S/C22H24N2O3/c25-20(17-24-22(27)14-12-19-9-5-2-6-10-19)15-16-23-21(26)13-11-18-7-3-1-4-8-18/h1-14,20,25H,15-17H2,(H,23,26)(H,24,27). The van der Waals surface area contributed by atoms with E-state index in [1.807, 2.05) is 60.7 Å². The first-order valence-corrected chi connectivity index (χ1v) is 8.83. The fraction of sp³-hybridized carbons (Fsp3) is 0.182. The van der Waals surface area contributed by atoms with Crippen molar-refractivity contribution in [2.45, 2.75) is 12.5 Å². The lowest BCUT2D eigenvalue weighted by Gasteiger charge is -2.11. The zero-order valence-electron chi connectivity index (χ0n) is 15.0. The van der Waals surface area contributed by atoms with Crippen LogP contribution >= 0.6 is 0 Å². The Bertz CT molecular complexity index is 771. The molecular formula is C22H24N2O3. The van der Waals surface area contributed by atoms with E-state index in [0.29, 0.717) is 13.0 Å². The van der Waals surface area contributed by atoms with Crippen LogP contribution in [0.2, 0.25) is 0 Å². The molecule has 27 heavy (non-hydrogen) atoms. The topological polar surface area (TPSA) is 78.4 Å². The zero-order valence-corrected chi connectivity index (χ0v) is 15.0. The van der Waals surface area contributed by atoms with Gasteiger partial charge in [0.15, 0.2) is 0 Å². The number of amides is 2. The molecule has 0 aliphatic rings. The van der Waals surface area contributed by atoms with E-state index in [0.717, 1.165) is 11.1 Å². The first kappa shape index (κ1) is 20.1. The average molecular weight is 364 g/mol. The van der Waals surface area contributed by atoms with E-state index in [4.69, 9.17) is 0 Å². The number of rotatable bonds is 9. The van der Waals surface area contributed by atoms with Crippen molar-refractivity contribution < 1.29 is 14.7 Å². The lowest BCUT2D eigenvalue weighted by molar-refractivity contribution is -0.117. The van der Waals surface area contributed by atoms with Crippen LogP contribution in [0, 0.1) is 0 Å². The highest BCUT2D eigenvalue weighted by molar-refractivity contribution is 5.92. The van der Waals surface area contributed by atoms with Gasteiger partial charge in [0.25, 0.3) is 0 Å². The molecule has 1 atom stereocenters. The third kappa shape index (κ3) is 8.65. The summed E-state index contributed by atoms with van der Waals surface area (Å²) < 4.78 is 0. The first-order chi connectivity index (χ1) is 13.1. The largest absolute Gasteiger partial charge is 0.391 e. The summed E-state index contributed by atoms with van der Waals surface area (Å²) in [5.74, 6) is -0.492. The second kappa shape index (κ2) is 11.4. The molecule has 0 radical (unpaired) electrons. The number of carbonyl (C=O) groups excluding carboxylic acids is 2. The maximum Gasteiger partial charge on any atom is 0.244 e. The summed E-state index contributed by atoms with van der Waals surface area (Å²) in [6, 6.07) is 19.0. The van der Waals surface area contributed by atoms with E-state index in [-0.39, 0.29) is 18.4 Å². The Morgan fingerprint density at radius 3 is 1.81 bits per heavy atom. The second-order valence-electron chi connectivity index (χ2n) is 5.97. The van der Waals surface area contributed by atoms with Gasteiger partial charge in [-0.1, -0.05) is 60.7 Å². The summed E-state index contributed by atoms with van der Waals surface area (Å²) in [5.41, 5.74) is 1.87. The van der Waals surface area contributed by atoms with Gasteiger partial charge in [0, 0.05) is 25.2 Å². The molecule has 0 aromatic heterocycles. The van der Waals surface area contributed by atoms with Crippen molar-refractivity contribution in [1.82, 2.24) is 10.6 Å². The van der Waals surface area contributed by atoms with E-state index in [1.54, 1.807) is 12.2 Å². The van der Waals surface area contributed by atoms with Crippen molar-refractivity contribution in [3.8, 4) is 0 Å². The highest BCUT2D eigenvalue weighted by atomic mass is 16.3. The number of carbonyl (C=O) groups is 2. The Hall–Kier alpha value is -3.18. The molecule has 140 valence electrons. The minimum atomic E-state index is -0.725. The smallest absolute Gasteiger partial charge is 0.244 e. The van der Waals surface area contributed by atoms with Crippen molar-refractivity contribution in [1.29, 1.82) is 0 Å². The van der Waals surface area contributed by atoms with Crippen LogP contribution in [0.25, 0.3) is 12.2 Å². The Labute approximate surface area is 159 Å². The van der Waals surface area contributed by atoms with Gasteiger partial charge in [-0.2, -0.15) is 0 Å². The molecule has 5 nitrogen and oxygen atoms in total. The van der Waals surface area contributed by atoms with Crippen LogP contribution in [-0.4, -0.2) is 36.1 Å². The van der Waals surface area contributed by atoms with Gasteiger partial charge in [-0.05, 0) is 29.7 Å². The Morgan fingerprint density at radius 2 is 1.30 bits per heavy atom. The van der Waals surface area contributed by atoms with Crippen LogP contribution in [0.5, 0.6) is 0 Å². The summed E-state index contributed by atoms with van der Waals surface area (Å²) in [7, 11) is 0. The number of benzene rings is 2. The first-order valence-electron chi connectivity index (χ1n) is 8.83. The Morgan fingerprint density at radius 1 is 0.815 bits per heavy atom. The van der Waals surface area contributed by atoms with Crippen LogP contribution in [0.3, 0.4) is 0 Å². The van der Waals surface area contributed by atoms with Crippen molar-refractivity contribution in [2.75, 3.05) is 13.1 Å². The van der Waals surface area contributed by atoms with Crippen LogP contribution in [0.4, 0.5) is 0 Å². The van der Waals surface area contributed by atoms with Crippen LogP contribution in [0.15, 0.2) is 72.8 Å². The third-order valence-electron chi connectivity index (χ3n) is 3.74. The lowest BCUT2D eigenvalue weighted by Crippen LogP contribution is -2.33. The summed E-state index contributed by atoms with van der Waals surface area (Å²) in [4.78, 5) is 23.5. The molecule has 0 saturated carbocycles. The van der Waals surface area contributed by atoms with Gasteiger partial charge >= 0.3 is 0 Å². The van der Waals surface area contributed by atoms with Crippen LogP contribution in [-0.2, 0) is 9.59 Å². The normalized spacial score (nSPS) is 12.2. The third-order valence-corrected chi connectivity index (χ3v) is 3.74. The van der Waals surface area contributed by atoms with Gasteiger partial charge in [-0.25, -0.2) is 0 Å². The van der Waals surface area contributed by atoms with Crippen molar-refractivity contribution in [2.24, 2.45) is 0 Å². The van der Waals surface area contributed by atoms with Gasteiger partial charge < -0.3 is 15.7 Å². The predicted molar refractivity (Wildman–Crippen MR) is 108 cm³/mol. The average Bonchev–Trinajstić information content (AvgIpc) is 2.70. The quantitative estimate of drug-likeness (QED) is 0.598. The van der Waals surface area contributed by atoms with Crippen molar-refractivity contribution in [3.05, 3.63) is 83.9 Å². The molecule has 1 unspecified atom stereocenters. The van der Waals surface area contributed by atoms with E-state index in [1.165, 1.54) is 12.2 Å². The molecule has 0 heterocycles. The number of nitrogens with one attached hydrogen (secondary N) is 2. The number of hydrogen-bond acceptors (Lipinski definition) is 3. The second-order valence-corrected chi connectivity index (χ2v) is 5.97. The van der Waals surface area contributed by atoms with E-state index >= 15 is 0 Å². The number of aliphatic hydroxyl groups excluding tert-OH is 1. The highest BCUT2D eigenvalue weighted by Crippen LogP contribution is 2.01. The van der Waals surface area contributed by atoms with Gasteiger partial charge in [-0.3, -0.25) is 9.59 Å². The van der Waals surface area contributed by atoms with Gasteiger partial charge in [0.2, 0.25) is 11.8 Å². The van der Waals surface area contributed by atoms with Crippen molar-refractivity contribution in [3.63, 3.8) is 0 Å². The highest BCUT2D eigenvalue weighted by Gasteiger charge is 2.06. The van der Waals surface area contributed by atoms with Crippen LogP contribution in [0.1, 0.15) is 17.5 Å². The molecule has 2 rings (SSSR count). The molecule has 3 N–H and O–H groups in total. The number of aliphatic hydroxyl groups is 1. The lowest BCUT2D eigenvalue weighted by atomic mass is 10.2. The summed E-state index contributed by atoms with van der Waals surface area (Å²) in [6.07, 6.45) is 5.95. The Kier molecular flexibility index (Phi) is 8.53. The molecule has 0 fully saturated rings. The van der Waals surface area contributed by atoms with Crippen molar-refractivity contribution >= 4 is 24.0 Å². The molecule has 2 aromatic carbocycles. The molecule has 0 aliphatic carbocycles. The fourth-order valence-corrected chi connectivity index (χ4v) is 2.27. The molecule has 2 aromatic rings. The fourth-order valence-electron chi connectivity index (χ4n) is 2.27. The summed E-state index contributed by atoms with van der Waals surface area (Å²) >= 11 is 0. The van der Waals surface area contributed by atoms with Gasteiger partial charge in [-0.15, -0.1) is 0 Å². The molecule has 0 bridgehead atoms. The summed E-state index contributed by atoms with van der Waals surface area (Å²) in [5, 5.41) is 15.2. The SMILES string of the molecule is O=C(C=Cc1ccccc1)NCCC(O)CNC(=O)C=Cc1ccccc1. The molecule has 0 saturated heterocycles. The minimum Gasteiger partial charge on any atom is -0.391 e. The maximum absolute atomic E-state index is 11.7. The monoisotopic (exact) mass is 364 g/mol. The maximum atomic E-state index is 11.7. The molecule has 5 heteroatoms. The number of hydrogen-bond donors (Lipinski definition) is 3. The molecule has 0 spiro atoms. The minimum absolute atomic E-state index is 0.133. The van der Waals surface area contributed by atoms with E-state index < -0.39 is 6.10 Å². The van der Waals surface area contributed by atoms with E-state index in [9.17, 15) is 14.7 Å². The van der Waals surface area contributed by atoms with Gasteiger partial charge in [0.05, 0.1) is 6.10 Å². The van der Waals surface area contributed by atoms with E-state index in [2.05, 4.69) is 10.6 Å².